The van der Waals surface area contributed by atoms with Crippen LogP contribution in [0.15, 0.2) is 42.5 Å². The number of aryl methyl sites for hydroxylation is 1. The van der Waals surface area contributed by atoms with Gasteiger partial charge < -0.3 is 10.4 Å². The monoisotopic (exact) mass is 338 g/mol. The second-order valence-corrected chi connectivity index (χ2v) is 5.96. The zero-order valence-electron chi connectivity index (χ0n) is 13.8. The Morgan fingerprint density at radius 2 is 1.72 bits per heavy atom. The number of anilines is 1. The van der Waals surface area contributed by atoms with Gasteiger partial charge in [0, 0.05) is 18.7 Å². The largest absolute Gasteiger partial charge is 0.508 e. The predicted molar refractivity (Wildman–Crippen MR) is 92.5 cm³/mol. The summed E-state index contributed by atoms with van der Waals surface area (Å²) in [6.45, 7) is 1.99. The number of aromatic hydroxyl groups is 1. The third-order valence-corrected chi connectivity index (χ3v) is 4.15. The highest BCUT2D eigenvalue weighted by molar-refractivity contribution is 6.21. The Labute approximate surface area is 145 Å². The summed E-state index contributed by atoms with van der Waals surface area (Å²) in [6.07, 6.45) is 0.572. The van der Waals surface area contributed by atoms with Crippen molar-refractivity contribution >= 4 is 23.4 Å². The van der Waals surface area contributed by atoms with Gasteiger partial charge in [-0.15, -0.1) is 0 Å². The molecule has 0 unspecified atom stereocenters. The van der Waals surface area contributed by atoms with Crippen molar-refractivity contribution in [1.82, 2.24) is 4.90 Å². The van der Waals surface area contributed by atoms with Gasteiger partial charge in [0.05, 0.1) is 11.1 Å². The molecular weight excluding hydrogens is 320 g/mol. The van der Waals surface area contributed by atoms with Gasteiger partial charge in [0.25, 0.3) is 11.8 Å². The van der Waals surface area contributed by atoms with Crippen LogP contribution in [0.5, 0.6) is 5.75 Å². The zero-order valence-corrected chi connectivity index (χ0v) is 13.8. The summed E-state index contributed by atoms with van der Waals surface area (Å²) in [5, 5.41) is 12.1. The van der Waals surface area contributed by atoms with Crippen molar-refractivity contribution in [2.75, 3.05) is 11.9 Å². The summed E-state index contributed by atoms with van der Waals surface area (Å²) in [5.41, 5.74) is 2.21. The van der Waals surface area contributed by atoms with Crippen molar-refractivity contribution in [3.05, 3.63) is 59.2 Å². The molecule has 2 N–H and O–H groups in total. The molecule has 0 aromatic heterocycles. The SMILES string of the molecule is Cc1cc(O)ccc1NC(=O)CCCN1C(=O)c2ccccc2C1=O. The van der Waals surface area contributed by atoms with Crippen LogP contribution in [-0.2, 0) is 4.79 Å². The van der Waals surface area contributed by atoms with Crippen LogP contribution in [0.2, 0.25) is 0 Å². The molecule has 1 aliphatic rings. The van der Waals surface area contributed by atoms with E-state index in [0.717, 1.165) is 5.56 Å². The second-order valence-electron chi connectivity index (χ2n) is 5.96. The number of phenolic OH excluding ortho intramolecular Hbond substituents is 1. The number of fused-ring (bicyclic) bond motifs is 1. The van der Waals surface area contributed by atoms with E-state index in [2.05, 4.69) is 5.32 Å². The molecule has 6 nitrogen and oxygen atoms in total. The third-order valence-electron chi connectivity index (χ3n) is 4.15. The fourth-order valence-corrected chi connectivity index (χ4v) is 2.84. The molecule has 1 heterocycles. The molecule has 2 aromatic rings. The minimum atomic E-state index is -0.310. The Morgan fingerprint density at radius 1 is 1.08 bits per heavy atom. The summed E-state index contributed by atoms with van der Waals surface area (Å²) < 4.78 is 0. The summed E-state index contributed by atoms with van der Waals surface area (Å²) in [7, 11) is 0. The molecule has 0 saturated heterocycles. The van der Waals surface area contributed by atoms with Crippen molar-refractivity contribution in [2.45, 2.75) is 19.8 Å². The van der Waals surface area contributed by atoms with Crippen molar-refractivity contribution in [3.8, 4) is 5.75 Å². The lowest BCUT2D eigenvalue weighted by atomic mass is 10.1. The summed E-state index contributed by atoms with van der Waals surface area (Å²) in [5.74, 6) is -0.683. The molecule has 25 heavy (non-hydrogen) atoms. The molecule has 128 valence electrons. The highest BCUT2D eigenvalue weighted by atomic mass is 16.3. The van der Waals surface area contributed by atoms with E-state index in [0.29, 0.717) is 23.2 Å². The lowest BCUT2D eigenvalue weighted by Crippen LogP contribution is -2.31. The maximum Gasteiger partial charge on any atom is 0.261 e. The van der Waals surface area contributed by atoms with E-state index in [1.54, 1.807) is 43.3 Å². The first-order valence-electron chi connectivity index (χ1n) is 8.02. The van der Waals surface area contributed by atoms with Gasteiger partial charge in [-0.3, -0.25) is 19.3 Å². The highest BCUT2D eigenvalue weighted by Crippen LogP contribution is 2.23. The number of carbonyl (C=O) groups is 3. The smallest absolute Gasteiger partial charge is 0.261 e. The predicted octanol–water partition coefficient (Wildman–Crippen LogP) is 2.72. The number of imide groups is 1. The highest BCUT2D eigenvalue weighted by Gasteiger charge is 2.34. The first kappa shape index (κ1) is 16.7. The first-order chi connectivity index (χ1) is 12.0. The van der Waals surface area contributed by atoms with Crippen molar-refractivity contribution in [3.63, 3.8) is 0 Å². The molecule has 1 aliphatic heterocycles. The van der Waals surface area contributed by atoms with Crippen LogP contribution in [0, 0.1) is 6.92 Å². The van der Waals surface area contributed by atoms with Crippen LogP contribution in [-0.4, -0.2) is 34.3 Å². The lowest BCUT2D eigenvalue weighted by Gasteiger charge is -2.14. The van der Waals surface area contributed by atoms with E-state index in [1.165, 1.54) is 11.0 Å². The van der Waals surface area contributed by atoms with Gasteiger partial charge in [-0.05, 0) is 49.2 Å². The van der Waals surface area contributed by atoms with E-state index in [1.807, 2.05) is 0 Å². The molecular formula is C19H18N2O4. The number of nitrogens with one attached hydrogen (secondary N) is 1. The van der Waals surface area contributed by atoms with Gasteiger partial charge in [-0.1, -0.05) is 12.1 Å². The summed E-state index contributed by atoms with van der Waals surface area (Å²) in [4.78, 5) is 37.7. The normalized spacial score (nSPS) is 13.1. The third kappa shape index (κ3) is 3.38. The summed E-state index contributed by atoms with van der Waals surface area (Å²) in [6, 6.07) is 11.4. The van der Waals surface area contributed by atoms with Crippen molar-refractivity contribution < 1.29 is 19.5 Å². The minimum Gasteiger partial charge on any atom is -0.508 e. The molecule has 0 atom stereocenters. The number of phenols is 1. The van der Waals surface area contributed by atoms with Gasteiger partial charge in [0.2, 0.25) is 5.91 Å². The van der Waals surface area contributed by atoms with Crippen LogP contribution in [0.3, 0.4) is 0 Å². The number of hydrogen-bond donors (Lipinski definition) is 2. The fraction of sp³-hybridized carbons (Fsp3) is 0.211. The average molecular weight is 338 g/mol. The fourth-order valence-electron chi connectivity index (χ4n) is 2.84. The number of carbonyl (C=O) groups excluding carboxylic acids is 3. The van der Waals surface area contributed by atoms with E-state index in [-0.39, 0.29) is 36.4 Å². The Balaban J connectivity index is 1.54. The van der Waals surface area contributed by atoms with E-state index < -0.39 is 0 Å². The quantitative estimate of drug-likeness (QED) is 0.648. The minimum absolute atomic E-state index is 0.140. The number of rotatable bonds is 5. The molecule has 2 aromatic carbocycles. The molecule has 0 fully saturated rings. The van der Waals surface area contributed by atoms with Crippen LogP contribution in [0.4, 0.5) is 5.69 Å². The maximum atomic E-state index is 12.2. The Morgan fingerprint density at radius 3 is 2.32 bits per heavy atom. The summed E-state index contributed by atoms with van der Waals surface area (Å²) >= 11 is 0. The van der Waals surface area contributed by atoms with Crippen molar-refractivity contribution in [1.29, 1.82) is 0 Å². The number of benzene rings is 2. The molecule has 0 bridgehead atoms. The first-order valence-corrected chi connectivity index (χ1v) is 8.02. The number of amides is 3. The Bertz CT molecular complexity index is 825. The van der Waals surface area contributed by atoms with Crippen LogP contribution in [0.25, 0.3) is 0 Å². The molecule has 3 rings (SSSR count). The molecule has 0 spiro atoms. The molecule has 3 amide bonds. The van der Waals surface area contributed by atoms with Crippen LogP contribution in [0.1, 0.15) is 39.1 Å². The Kier molecular flexibility index (Phi) is 4.52. The van der Waals surface area contributed by atoms with Gasteiger partial charge in [0.15, 0.2) is 0 Å². The standard InChI is InChI=1S/C19H18N2O4/c1-12-11-13(22)8-9-16(12)20-17(23)7-4-10-21-18(24)14-5-2-3-6-15(14)19(21)25/h2-3,5-6,8-9,11,22H,4,7,10H2,1H3,(H,20,23). The molecule has 0 radical (unpaired) electrons. The topological polar surface area (TPSA) is 86.7 Å². The van der Waals surface area contributed by atoms with Gasteiger partial charge >= 0.3 is 0 Å². The maximum absolute atomic E-state index is 12.2. The zero-order chi connectivity index (χ0) is 18.0. The molecule has 0 saturated carbocycles. The van der Waals surface area contributed by atoms with Crippen molar-refractivity contribution in [2.24, 2.45) is 0 Å². The van der Waals surface area contributed by atoms with Crippen LogP contribution >= 0.6 is 0 Å². The van der Waals surface area contributed by atoms with E-state index in [4.69, 9.17) is 0 Å². The second kappa shape index (κ2) is 6.76. The molecule has 0 aliphatic carbocycles. The van der Waals surface area contributed by atoms with Gasteiger partial charge in [-0.25, -0.2) is 0 Å². The van der Waals surface area contributed by atoms with Crippen LogP contribution < -0.4 is 5.32 Å². The number of nitrogens with zero attached hydrogens (tertiary/aromatic N) is 1. The molecule has 6 heteroatoms. The van der Waals surface area contributed by atoms with E-state index >= 15 is 0 Å². The van der Waals surface area contributed by atoms with E-state index in [9.17, 15) is 19.5 Å². The Hall–Kier alpha value is -3.15. The van der Waals surface area contributed by atoms with Gasteiger partial charge in [0.1, 0.15) is 5.75 Å². The lowest BCUT2D eigenvalue weighted by molar-refractivity contribution is -0.116. The number of hydrogen-bond acceptors (Lipinski definition) is 4. The average Bonchev–Trinajstić information content (AvgIpc) is 2.83. The van der Waals surface area contributed by atoms with Gasteiger partial charge in [-0.2, -0.15) is 0 Å².